The van der Waals surface area contributed by atoms with E-state index in [1.165, 1.54) is 0 Å². The summed E-state index contributed by atoms with van der Waals surface area (Å²) in [6.07, 6.45) is -0.297. The number of esters is 1. The van der Waals surface area contributed by atoms with Crippen molar-refractivity contribution in [2.45, 2.75) is 20.0 Å². The van der Waals surface area contributed by atoms with Gasteiger partial charge in [-0.3, -0.25) is 4.79 Å². The van der Waals surface area contributed by atoms with Crippen LogP contribution in [0.25, 0.3) is 22.0 Å². The summed E-state index contributed by atoms with van der Waals surface area (Å²) in [6, 6.07) is 14.1. The van der Waals surface area contributed by atoms with Crippen LogP contribution in [0.5, 0.6) is 0 Å². The van der Waals surface area contributed by atoms with Gasteiger partial charge in [-0.05, 0) is 37.6 Å². The summed E-state index contributed by atoms with van der Waals surface area (Å²) in [4.78, 5) is 28.2. The van der Waals surface area contributed by atoms with E-state index in [0.717, 1.165) is 0 Å². The highest BCUT2D eigenvalue weighted by Crippen LogP contribution is 2.29. The second kappa shape index (κ2) is 6.49. The molecule has 122 valence electrons. The zero-order valence-electron chi connectivity index (χ0n) is 13.3. The van der Waals surface area contributed by atoms with E-state index in [2.05, 4.69) is 4.98 Å². The van der Waals surface area contributed by atoms with Crippen LogP contribution >= 0.6 is 11.6 Å². The van der Waals surface area contributed by atoms with Gasteiger partial charge in [-0.1, -0.05) is 41.9 Å². The summed E-state index contributed by atoms with van der Waals surface area (Å²) in [5.74, 6) is -0.540. The number of rotatable bonds is 3. The maximum atomic E-state index is 12.7. The zero-order valence-corrected chi connectivity index (χ0v) is 14.1. The number of aromatic amines is 1. The average Bonchev–Trinajstić information content (AvgIpc) is 2.54. The second-order valence-corrected chi connectivity index (χ2v) is 6.15. The Morgan fingerprint density at radius 1 is 1.12 bits per heavy atom. The van der Waals surface area contributed by atoms with E-state index in [9.17, 15) is 9.59 Å². The highest BCUT2D eigenvalue weighted by Gasteiger charge is 2.22. The Kier molecular flexibility index (Phi) is 4.40. The molecule has 2 aromatic carbocycles. The van der Waals surface area contributed by atoms with Crippen LogP contribution in [-0.4, -0.2) is 17.1 Å². The molecule has 5 heteroatoms. The lowest BCUT2D eigenvalue weighted by molar-refractivity contribution is 0.0381. The third-order valence-corrected chi connectivity index (χ3v) is 3.82. The predicted molar refractivity (Wildman–Crippen MR) is 95.6 cm³/mol. The number of hydrogen-bond donors (Lipinski definition) is 1. The van der Waals surface area contributed by atoms with Crippen LogP contribution in [0.3, 0.4) is 0 Å². The molecular weight excluding hydrogens is 326 g/mol. The fourth-order valence-electron chi connectivity index (χ4n) is 2.63. The summed E-state index contributed by atoms with van der Waals surface area (Å²) < 4.78 is 5.37. The number of hydrogen-bond acceptors (Lipinski definition) is 3. The fourth-order valence-corrected chi connectivity index (χ4v) is 2.80. The van der Waals surface area contributed by atoms with Crippen molar-refractivity contribution in [3.63, 3.8) is 0 Å². The van der Waals surface area contributed by atoms with Gasteiger partial charge >= 0.3 is 5.97 Å². The third-order valence-electron chi connectivity index (χ3n) is 3.59. The van der Waals surface area contributed by atoms with Crippen molar-refractivity contribution in [1.29, 1.82) is 0 Å². The minimum Gasteiger partial charge on any atom is -0.459 e. The van der Waals surface area contributed by atoms with Gasteiger partial charge in [0, 0.05) is 15.9 Å². The molecule has 1 N–H and O–H groups in total. The van der Waals surface area contributed by atoms with Crippen molar-refractivity contribution in [2.24, 2.45) is 0 Å². The number of aromatic nitrogens is 1. The smallest absolute Gasteiger partial charge is 0.339 e. The lowest BCUT2D eigenvalue weighted by atomic mass is 9.97. The first kappa shape index (κ1) is 16.3. The predicted octanol–water partition coefficient (Wildman–Crippen LogP) is 4.41. The van der Waals surface area contributed by atoms with Crippen LogP contribution in [-0.2, 0) is 4.74 Å². The normalized spacial score (nSPS) is 11.0. The van der Waals surface area contributed by atoms with Crippen LogP contribution in [0.2, 0.25) is 5.02 Å². The Hall–Kier alpha value is -2.59. The van der Waals surface area contributed by atoms with Gasteiger partial charge in [0.1, 0.15) is 0 Å². The second-order valence-electron chi connectivity index (χ2n) is 5.71. The molecule has 0 fully saturated rings. The Morgan fingerprint density at radius 3 is 2.50 bits per heavy atom. The molecule has 3 aromatic rings. The van der Waals surface area contributed by atoms with Crippen molar-refractivity contribution < 1.29 is 9.53 Å². The quantitative estimate of drug-likeness (QED) is 0.718. The van der Waals surface area contributed by atoms with E-state index in [4.69, 9.17) is 16.3 Å². The molecule has 0 aliphatic carbocycles. The number of carbonyl (C=O) groups is 1. The lowest BCUT2D eigenvalue weighted by Crippen LogP contribution is -2.19. The van der Waals surface area contributed by atoms with Gasteiger partial charge in [0.25, 0.3) is 5.56 Å². The van der Waals surface area contributed by atoms with E-state index in [-0.39, 0.29) is 22.8 Å². The van der Waals surface area contributed by atoms with Crippen molar-refractivity contribution in [1.82, 2.24) is 4.98 Å². The zero-order chi connectivity index (χ0) is 17.3. The number of ether oxygens (including phenoxy) is 1. The van der Waals surface area contributed by atoms with Gasteiger partial charge in [0.15, 0.2) is 0 Å². The van der Waals surface area contributed by atoms with Gasteiger partial charge in [-0.15, -0.1) is 0 Å². The first-order chi connectivity index (χ1) is 11.5. The first-order valence-corrected chi connectivity index (χ1v) is 7.97. The third kappa shape index (κ3) is 3.05. The Bertz CT molecular complexity index is 962. The summed E-state index contributed by atoms with van der Waals surface area (Å²) in [5.41, 5.74) is 1.37. The minimum atomic E-state index is -0.540. The summed E-state index contributed by atoms with van der Waals surface area (Å²) in [6.45, 7) is 3.53. The number of nitrogens with one attached hydrogen (secondary N) is 1. The summed E-state index contributed by atoms with van der Waals surface area (Å²) in [7, 11) is 0. The van der Waals surface area contributed by atoms with Crippen LogP contribution in [0.1, 0.15) is 24.2 Å². The maximum Gasteiger partial charge on any atom is 0.339 e. The number of halogens is 1. The van der Waals surface area contributed by atoms with Gasteiger partial charge in [0.2, 0.25) is 0 Å². The van der Waals surface area contributed by atoms with Gasteiger partial charge < -0.3 is 9.72 Å². The van der Waals surface area contributed by atoms with E-state index < -0.39 is 5.97 Å². The molecule has 3 rings (SSSR count). The molecule has 0 saturated heterocycles. The summed E-state index contributed by atoms with van der Waals surface area (Å²) >= 11 is 6.10. The highest BCUT2D eigenvalue weighted by molar-refractivity contribution is 6.31. The molecule has 0 bridgehead atoms. The number of benzene rings is 2. The number of pyridine rings is 1. The number of fused-ring (bicyclic) bond motifs is 1. The first-order valence-electron chi connectivity index (χ1n) is 7.59. The standard InChI is InChI=1S/C19H16ClNO3/c1-11(2)24-19(23)17-14-10-13(20)8-9-15(14)21-18(22)16(17)12-6-4-3-5-7-12/h3-11H,1-2H3,(H,21,22). The Morgan fingerprint density at radius 2 is 1.83 bits per heavy atom. The van der Waals surface area contributed by atoms with E-state index in [1.807, 2.05) is 18.2 Å². The molecule has 1 heterocycles. The molecule has 0 saturated carbocycles. The molecule has 1 aromatic heterocycles. The average molecular weight is 342 g/mol. The van der Waals surface area contributed by atoms with Gasteiger partial charge in [-0.2, -0.15) is 0 Å². The minimum absolute atomic E-state index is 0.233. The monoisotopic (exact) mass is 341 g/mol. The SMILES string of the molecule is CC(C)OC(=O)c1c(-c2ccccc2)c(=O)[nH]c2ccc(Cl)cc12. The molecule has 0 spiro atoms. The van der Waals surface area contributed by atoms with Gasteiger partial charge in [0.05, 0.1) is 17.2 Å². The van der Waals surface area contributed by atoms with E-state index in [1.54, 1.807) is 44.2 Å². The maximum absolute atomic E-state index is 12.7. The van der Waals surface area contributed by atoms with E-state index in [0.29, 0.717) is 21.5 Å². The molecule has 0 unspecified atom stereocenters. The molecule has 0 radical (unpaired) electrons. The van der Waals surface area contributed by atoms with Crippen molar-refractivity contribution in [3.05, 3.63) is 69.5 Å². The fraction of sp³-hybridized carbons (Fsp3) is 0.158. The molecule has 24 heavy (non-hydrogen) atoms. The van der Waals surface area contributed by atoms with Crippen LogP contribution in [0.15, 0.2) is 53.3 Å². The highest BCUT2D eigenvalue weighted by atomic mass is 35.5. The van der Waals surface area contributed by atoms with Crippen molar-refractivity contribution in [2.75, 3.05) is 0 Å². The van der Waals surface area contributed by atoms with E-state index >= 15 is 0 Å². The van der Waals surface area contributed by atoms with Crippen molar-refractivity contribution in [3.8, 4) is 11.1 Å². The molecule has 0 atom stereocenters. The number of carbonyl (C=O) groups excluding carboxylic acids is 1. The van der Waals surface area contributed by atoms with Crippen LogP contribution in [0.4, 0.5) is 0 Å². The van der Waals surface area contributed by atoms with Gasteiger partial charge in [-0.25, -0.2) is 4.79 Å². The molecule has 4 nitrogen and oxygen atoms in total. The topological polar surface area (TPSA) is 59.2 Å². The Labute approximate surface area is 144 Å². The molecule has 0 aliphatic rings. The largest absolute Gasteiger partial charge is 0.459 e. The molecule has 0 aliphatic heterocycles. The summed E-state index contributed by atoms with van der Waals surface area (Å²) in [5, 5.41) is 1.04. The molecular formula is C19H16ClNO3. The lowest BCUT2D eigenvalue weighted by Gasteiger charge is -2.14. The Balaban J connectivity index is 2.39. The van der Waals surface area contributed by atoms with Crippen LogP contribution in [0, 0.1) is 0 Å². The number of H-pyrrole nitrogens is 1. The van der Waals surface area contributed by atoms with Crippen molar-refractivity contribution >= 4 is 28.5 Å². The molecule has 0 amide bonds. The van der Waals surface area contributed by atoms with Crippen LogP contribution < -0.4 is 5.56 Å².